The third-order valence-corrected chi connectivity index (χ3v) is 3.60. The van der Waals surface area contributed by atoms with Crippen molar-refractivity contribution in [2.45, 2.75) is 0 Å². The van der Waals surface area contributed by atoms with Gasteiger partial charge in [-0.2, -0.15) is 0 Å². The summed E-state index contributed by atoms with van der Waals surface area (Å²) in [5.41, 5.74) is 0. The Morgan fingerprint density at radius 2 is 0.833 bits per heavy atom. The van der Waals surface area contributed by atoms with Gasteiger partial charge in [-0.1, -0.05) is 0 Å². The second kappa shape index (κ2) is 12.5. The van der Waals surface area contributed by atoms with Gasteiger partial charge in [0, 0.05) is 0 Å². The van der Waals surface area contributed by atoms with Gasteiger partial charge >= 0.3 is 19.5 Å². The van der Waals surface area contributed by atoms with E-state index in [1.165, 1.54) is 0 Å². The van der Waals surface area contributed by atoms with Gasteiger partial charge in [0.25, 0.3) is 0 Å². The van der Waals surface area contributed by atoms with Crippen LogP contribution in [0.3, 0.4) is 0 Å². The Morgan fingerprint density at radius 3 is 0.833 bits per heavy atom. The molecule has 0 saturated carbocycles. The van der Waals surface area contributed by atoms with Gasteiger partial charge in [0.2, 0.25) is 0 Å². The van der Waals surface area contributed by atoms with E-state index in [2.05, 4.69) is 0 Å². The van der Waals surface area contributed by atoms with Gasteiger partial charge in [-0.15, -0.1) is 0 Å². The standard InChI is InChI=1S/C4H12O4P.2ClH.Zn/c5-1-9(2-6,3-7)4-8;;;/h5-8H,1-4H2;2*1H;/q+1;;;+2/p-2. The van der Waals surface area contributed by atoms with Crippen molar-refractivity contribution in [3.05, 3.63) is 0 Å². The first kappa shape index (κ1) is 23.4. The van der Waals surface area contributed by atoms with E-state index in [-0.39, 0.29) is 69.7 Å². The summed E-state index contributed by atoms with van der Waals surface area (Å²) in [6.45, 7) is 0. The van der Waals surface area contributed by atoms with Crippen LogP contribution >= 0.6 is 7.26 Å². The van der Waals surface area contributed by atoms with E-state index < -0.39 is 7.26 Å². The molecule has 0 aromatic carbocycles. The van der Waals surface area contributed by atoms with Gasteiger partial charge in [0.1, 0.15) is 7.26 Å². The molecule has 0 aliphatic heterocycles. The minimum Gasteiger partial charge on any atom is -1.00 e. The summed E-state index contributed by atoms with van der Waals surface area (Å²) < 4.78 is 0. The van der Waals surface area contributed by atoms with Gasteiger partial charge in [-0.05, 0) is 0 Å². The van der Waals surface area contributed by atoms with Crippen LogP contribution < -0.4 is 24.8 Å². The van der Waals surface area contributed by atoms with E-state index in [0.717, 1.165) is 0 Å². The summed E-state index contributed by atoms with van der Waals surface area (Å²) in [6.07, 6.45) is -1.18. The minimum atomic E-state index is -2.20. The normalized spacial score (nSPS) is 9.00. The number of aliphatic hydroxyl groups excluding tert-OH is 4. The molecular weight excluding hydrogens is 279 g/mol. The number of aliphatic hydroxyl groups is 4. The summed E-state index contributed by atoms with van der Waals surface area (Å²) >= 11 is 0. The molecular formula is C4H12Cl2O4PZn+. The van der Waals surface area contributed by atoms with Crippen molar-refractivity contribution in [3.63, 3.8) is 0 Å². The Morgan fingerprint density at radius 1 is 0.667 bits per heavy atom. The molecule has 4 N–H and O–H groups in total. The van der Waals surface area contributed by atoms with Crippen LogP contribution in [0.15, 0.2) is 0 Å². The molecule has 12 heavy (non-hydrogen) atoms. The zero-order valence-electron chi connectivity index (χ0n) is 6.53. The maximum absolute atomic E-state index is 8.55. The SMILES string of the molecule is OC[P+](CO)(CO)CO.[Cl-].[Cl-].[Zn+2]. The van der Waals surface area contributed by atoms with Crippen LogP contribution in [-0.4, -0.2) is 45.8 Å². The fourth-order valence-electron chi connectivity index (χ4n) is 0.268. The van der Waals surface area contributed by atoms with Crippen molar-refractivity contribution < 1.29 is 64.7 Å². The Hall–Kier alpha value is 1.47. The molecule has 0 aliphatic carbocycles. The Labute approximate surface area is 97.3 Å². The van der Waals surface area contributed by atoms with Gasteiger partial charge in [-0.3, -0.25) is 0 Å². The molecule has 0 unspecified atom stereocenters. The molecule has 0 fully saturated rings. The van der Waals surface area contributed by atoms with Crippen LogP contribution in [0.4, 0.5) is 0 Å². The molecule has 0 saturated heterocycles. The molecule has 0 aromatic rings. The Kier molecular flexibility index (Phi) is 24.3. The van der Waals surface area contributed by atoms with Gasteiger partial charge < -0.3 is 45.2 Å². The number of halogens is 2. The van der Waals surface area contributed by atoms with Crippen LogP contribution in [0, 0.1) is 0 Å². The largest absolute Gasteiger partial charge is 2.00 e. The predicted molar refractivity (Wildman–Crippen MR) is 35.3 cm³/mol. The zero-order valence-corrected chi connectivity index (χ0v) is 11.9. The van der Waals surface area contributed by atoms with Gasteiger partial charge in [-0.25, -0.2) is 0 Å². The second-order valence-corrected chi connectivity index (χ2v) is 5.72. The number of hydrogen-bond donors (Lipinski definition) is 4. The van der Waals surface area contributed by atoms with Crippen molar-refractivity contribution in [2.75, 3.05) is 25.4 Å². The maximum atomic E-state index is 8.55. The van der Waals surface area contributed by atoms with Crippen molar-refractivity contribution in [3.8, 4) is 0 Å². The zero-order chi connectivity index (χ0) is 7.33. The molecule has 0 aliphatic rings. The Balaban J connectivity index is -0.000000107. The third-order valence-electron chi connectivity index (χ3n) is 1.20. The molecule has 0 rings (SSSR count). The average molecular weight is 291 g/mol. The maximum Gasteiger partial charge on any atom is 2.00 e. The van der Waals surface area contributed by atoms with Crippen LogP contribution in [0.2, 0.25) is 0 Å². The molecule has 72 valence electrons. The van der Waals surface area contributed by atoms with Crippen molar-refractivity contribution in [1.82, 2.24) is 0 Å². The first-order valence-electron chi connectivity index (χ1n) is 2.53. The number of rotatable bonds is 4. The van der Waals surface area contributed by atoms with E-state index in [0.29, 0.717) is 0 Å². The molecule has 0 spiro atoms. The monoisotopic (exact) mass is 289 g/mol. The molecule has 4 nitrogen and oxygen atoms in total. The van der Waals surface area contributed by atoms with Gasteiger partial charge in [0.05, 0.1) is 0 Å². The smallest absolute Gasteiger partial charge is 1.00 e. The molecule has 0 aromatic heterocycles. The summed E-state index contributed by atoms with van der Waals surface area (Å²) in [4.78, 5) is 0. The predicted octanol–water partition coefficient (Wildman–Crippen LogP) is -7.19. The molecule has 8 heteroatoms. The van der Waals surface area contributed by atoms with E-state index in [1.807, 2.05) is 0 Å². The first-order chi connectivity index (χ1) is 4.24. The average Bonchev–Trinajstić information content (AvgIpc) is 1.95. The van der Waals surface area contributed by atoms with E-state index in [4.69, 9.17) is 20.4 Å². The quantitative estimate of drug-likeness (QED) is 0.306. The van der Waals surface area contributed by atoms with Gasteiger partial charge in [0.15, 0.2) is 25.4 Å². The van der Waals surface area contributed by atoms with Crippen LogP contribution in [0.25, 0.3) is 0 Å². The Bertz CT molecular complexity index is 67.9. The van der Waals surface area contributed by atoms with Crippen molar-refractivity contribution in [1.29, 1.82) is 0 Å². The van der Waals surface area contributed by atoms with E-state index >= 15 is 0 Å². The van der Waals surface area contributed by atoms with Crippen molar-refractivity contribution >= 4 is 7.26 Å². The molecule has 0 bridgehead atoms. The van der Waals surface area contributed by atoms with Crippen LogP contribution in [0.1, 0.15) is 0 Å². The summed E-state index contributed by atoms with van der Waals surface area (Å²) in [5.74, 6) is 0. The van der Waals surface area contributed by atoms with Crippen molar-refractivity contribution in [2.24, 2.45) is 0 Å². The molecule has 0 radical (unpaired) electrons. The second-order valence-electron chi connectivity index (χ2n) is 1.91. The van der Waals surface area contributed by atoms with E-state index in [1.54, 1.807) is 0 Å². The molecule has 0 amide bonds. The fraction of sp³-hybridized carbons (Fsp3) is 1.00. The fourth-order valence-corrected chi connectivity index (χ4v) is 0.805. The van der Waals surface area contributed by atoms with E-state index in [9.17, 15) is 0 Å². The molecule has 0 heterocycles. The first-order valence-corrected chi connectivity index (χ1v) is 5.06. The summed E-state index contributed by atoms with van der Waals surface area (Å²) in [6, 6.07) is 0. The summed E-state index contributed by atoms with van der Waals surface area (Å²) in [7, 11) is -2.20. The summed E-state index contributed by atoms with van der Waals surface area (Å²) in [5, 5.41) is 34.2. The molecule has 0 atom stereocenters. The third kappa shape index (κ3) is 6.93. The van der Waals surface area contributed by atoms with Crippen LogP contribution in [-0.2, 0) is 19.5 Å². The number of hydrogen-bond acceptors (Lipinski definition) is 4. The van der Waals surface area contributed by atoms with Crippen LogP contribution in [0.5, 0.6) is 0 Å². The minimum absolute atomic E-state index is 0. The topological polar surface area (TPSA) is 80.9 Å².